The first kappa shape index (κ1) is 10.3. The Morgan fingerprint density at radius 2 is 2.46 bits per heavy atom. The third kappa shape index (κ3) is 3.19. The molecule has 1 fully saturated rings. The van der Waals surface area contributed by atoms with Crippen molar-refractivity contribution in [3.05, 3.63) is 12.7 Å². The van der Waals surface area contributed by atoms with Crippen LogP contribution in [0.2, 0.25) is 0 Å². The van der Waals surface area contributed by atoms with Gasteiger partial charge in [-0.05, 0) is 26.2 Å². The van der Waals surface area contributed by atoms with E-state index in [4.69, 9.17) is 0 Å². The standard InChI is InChI=1S/C10H18N2O/c1-3-4-5-9-6-7-11-10(13)8(2)12-9/h3,8-9,12H,1,4-7H2,2H3,(H,11,13)/t8-,9+/m0/s1. The molecule has 1 rings (SSSR count). The zero-order valence-electron chi connectivity index (χ0n) is 8.18. The van der Waals surface area contributed by atoms with Crippen LogP contribution in [0.15, 0.2) is 12.7 Å². The second-order valence-electron chi connectivity index (χ2n) is 3.53. The monoisotopic (exact) mass is 182 g/mol. The van der Waals surface area contributed by atoms with Gasteiger partial charge >= 0.3 is 0 Å². The predicted molar refractivity (Wildman–Crippen MR) is 53.4 cm³/mol. The van der Waals surface area contributed by atoms with Crippen molar-refractivity contribution in [3.63, 3.8) is 0 Å². The molecule has 74 valence electrons. The average Bonchev–Trinajstić information content (AvgIpc) is 2.26. The maximum absolute atomic E-state index is 11.2. The van der Waals surface area contributed by atoms with Crippen LogP contribution in [0.5, 0.6) is 0 Å². The second-order valence-corrected chi connectivity index (χ2v) is 3.53. The zero-order chi connectivity index (χ0) is 9.68. The van der Waals surface area contributed by atoms with E-state index < -0.39 is 0 Å². The van der Waals surface area contributed by atoms with Gasteiger partial charge in [-0.1, -0.05) is 6.08 Å². The van der Waals surface area contributed by atoms with Gasteiger partial charge in [-0.15, -0.1) is 6.58 Å². The lowest BCUT2D eigenvalue weighted by atomic mass is 10.1. The summed E-state index contributed by atoms with van der Waals surface area (Å²) < 4.78 is 0. The van der Waals surface area contributed by atoms with Gasteiger partial charge in [0.2, 0.25) is 5.91 Å². The van der Waals surface area contributed by atoms with Crippen molar-refractivity contribution < 1.29 is 4.79 Å². The largest absolute Gasteiger partial charge is 0.355 e. The minimum atomic E-state index is -0.0580. The van der Waals surface area contributed by atoms with E-state index in [2.05, 4.69) is 17.2 Å². The molecule has 3 heteroatoms. The topological polar surface area (TPSA) is 41.1 Å². The Labute approximate surface area is 79.6 Å². The SMILES string of the molecule is C=CCC[C@@H]1CCNC(=O)[C@H](C)N1. The fourth-order valence-electron chi connectivity index (χ4n) is 1.58. The van der Waals surface area contributed by atoms with Crippen LogP contribution >= 0.6 is 0 Å². The molecule has 0 aromatic heterocycles. The fraction of sp³-hybridized carbons (Fsp3) is 0.700. The summed E-state index contributed by atoms with van der Waals surface area (Å²) in [6.07, 6.45) is 5.03. The Hall–Kier alpha value is -0.830. The number of carbonyl (C=O) groups excluding carboxylic acids is 1. The van der Waals surface area contributed by atoms with Crippen LogP contribution in [-0.4, -0.2) is 24.5 Å². The molecule has 1 heterocycles. The molecular weight excluding hydrogens is 164 g/mol. The van der Waals surface area contributed by atoms with Crippen LogP contribution in [-0.2, 0) is 4.79 Å². The molecule has 0 bridgehead atoms. The van der Waals surface area contributed by atoms with Crippen LogP contribution < -0.4 is 10.6 Å². The van der Waals surface area contributed by atoms with E-state index in [-0.39, 0.29) is 11.9 Å². The van der Waals surface area contributed by atoms with Gasteiger partial charge in [-0.3, -0.25) is 4.79 Å². The van der Waals surface area contributed by atoms with Crippen molar-refractivity contribution in [2.75, 3.05) is 6.54 Å². The first-order valence-electron chi connectivity index (χ1n) is 4.88. The lowest BCUT2D eigenvalue weighted by Crippen LogP contribution is -2.41. The van der Waals surface area contributed by atoms with Crippen molar-refractivity contribution in [3.8, 4) is 0 Å². The van der Waals surface area contributed by atoms with E-state index in [0.717, 1.165) is 25.8 Å². The van der Waals surface area contributed by atoms with E-state index in [9.17, 15) is 4.79 Å². The van der Waals surface area contributed by atoms with Crippen molar-refractivity contribution in [1.82, 2.24) is 10.6 Å². The number of rotatable bonds is 3. The maximum Gasteiger partial charge on any atom is 0.236 e. The van der Waals surface area contributed by atoms with E-state index in [1.807, 2.05) is 13.0 Å². The molecule has 1 aliphatic heterocycles. The quantitative estimate of drug-likeness (QED) is 0.634. The second kappa shape index (κ2) is 5.02. The van der Waals surface area contributed by atoms with Gasteiger partial charge in [0.1, 0.15) is 0 Å². The average molecular weight is 182 g/mol. The summed E-state index contributed by atoms with van der Waals surface area (Å²) in [7, 11) is 0. The molecule has 1 amide bonds. The first-order valence-corrected chi connectivity index (χ1v) is 4.88. The lowest BCUT2D eigenvalue weighted by Gasteiger charge is -2.16. The number of hydrogen-bond acceptors (Lipinski definition) is 2. The first-order chi connectivity index (χ1) is 6.24. The highest BCUT2D eigenvalue weighted by molar-refractivity contribution is 5.81. The summed E-state index contributed by atoms with van der Waals surface area (Å²) in [5.41, 5.74) is 0. The number of nitrogens with one attached hydrogen (secondary N) is 2. The highest BCUT2D eigenvalue weighted by Crippen LogP contribution is 2.06. The van der Waals surface area contributed by atoms with Crippen LogP contribution in [0, 0.1) is 0 Å². The summed E-state index contributed by atoms with van der Waals surface area (Å²) in [4.78, 5) is 11.2. The molecule has 0 radical (unpaired) electrons. The highest BCUT2D eigenvalue weighted by Gasteiger charge is 2.20. The third-order valence-electron chi connectivity index (χ3n) is 2.39. The van der Waals surface area contributed by atoms with Gasteiger partial charge in [0.05, 0.1) is 6.04 Å². The molecule has 1 aliphatic rings. The van der Waals surface area contributed by atoms with Crippen LogP contribution in [0.3, 0.4) is 0 Å². The van der Waals surface area contributed by atoms with E-state index >= 15 is 0 Å². The Balaban J connectivity index is 2.39. The van der Waals surface area contributed by atoms with Crippen molar-refractivity contribution in [1.29, 1.82) is 0 Å². The molecule has 0 saturated carbocycles. The molecule has 13 heavy (non-hydrogen) atoms. The lowest BCUT2D eigenvalue weighted by molar-refractivity contribution is -0.122. The molecule has 0 aliphatic carbocycles. The normalized spacial score (nSPS) is 29.2. The smallest absolute Gasteiger partial charge is 0.236 e. The van der Waals surface area contributed by atoms with Gasteiger partial charge < -0.3 is 10.6 Å². The predicted octanol–water partition coefficient (Wildman–Crippen LogP) is 0.819. The van der Waals surface area contributed by atoms with Crippen molar-refractivity contribution >= 4 is 5.91 Å². The van der Waals surface area contributed by atoms with Gasteiger partial charge in [0.15, 0.2) is 0 Å². The molecule has 1 saturated heterocycles. The summed E-state index contributed by atoms with van der Waals surface area (Å²) in [6.45, 7) is 6.39. The zero-order valence-corrected chi connectivity index (χ0v) is 8.18. The van der Waals surface area contributed by atoms with Gasteiger partial charge in [-0.25, -0.2) is 0 Å². The minimum absolute atomic E-state index is 0.0580. The molecule has 2 atom stereocenters. The van der Waals surface area contributed by atoms with Crippen molar-refractivity contribution in [2.24, 2.45) is 0 Å². The fourth-order valence-corrected chi connectivity index (χ4v) is 1.58. The molecule has 0 aromatic rings. The molecular formula is C10H18N2O. The van der Waals surface area contributed by atoms with Crippen LogP contribution in [0.4, 0.5) is 0 Å². The summed E-state index contributed by atoms with van der Waals surface area (Å²) in [6, 6.07) is 0.393. The Kier molecular flexibility index (Phi) is 3.96. The van der Waals surface area contributed by atoms with Gasteiger partial charge in [-0.2, -0.15) is 0 Å². The molecule has 0 unspecified atom stereocenters. The van der Waals surface area contributed by atoms with Crippen molar-refractivity contribution in [2.45, 2.75) is 38.3 Å². The molecule has 3 nitrogen and oxygen atoms in total. The highest BCUT2D eigenvalue weighted by atomic mass is 16.2. The third-order valence-corrected chi connectivity index (χ3v) is 2.39. The molecule has 0 aromatic carbocycles. The summed E-state index contributed by atoms with van der Waals surface area (Å²) in [5.74, 6) is 0.112. The van der Waals surface area contributed by atoms with E-state index in [1.165, 1.54) is 0 Å². The Bertz CT molecular complexity index is 191. The molecule has 0 spiro atoms. The maximum atomic E-state index is 11.2. The summed E-state index contributed by atoms with van der Waals surface area (Å²) >= 11 is 0. The van der Waals surface area contributed by atoms with Crippen LogP contribution in [0.25, 0.3) is 0 Å². The van der Waals surface area contributed by atoms with Crippen LogP contribution in [0.1, 0.15) is 26.2 Å². The minimum Gasteiger partial charge on any atom is -0.355 e. The van der Waals surface area contributed by atoms with E-state index in [0.29, 0.717) is 6.04 Å². The van der Waals surface area contributed by atoms with E-state index in [1.54, 1.807) is 0 Å². The number of amides is 1. The number of allylic oxidation sites excluding steroid dienone is 1. The Morgan fingerprint density at radius 3 is 3.15 bits per heavy atom. The summed E-state index contributed by atoms with van der Waals surface area (Å²) in [5, 5.41) is 6.18. The number of hydrogen-bond donors (Lipinski definition) is 2. The number of carbonyl (C=O) groups is 1. The van der Waals surface area contributed by atoms with Gasteiger partial charge in [0.25, 0.3) is 0 Å². The Morgan fingerprint density at radius 1 is 1.69 bits per heavy atom. The molecule has 2 N–H and O–H groups in total. The van der Waals surface area contributed by atoms with Gasteiger partial charge in [0, 0.05) is 12.6 Å².